The number of aliphatic carboxylic acids is 1. The maximum absolute atomic E-state index is 13.4. The Morgan fingerprint density at radius 1 is 1.02 bits per heavy atom. The molecule has 0 bridgehead atoms. The number of likely N-dealkylation sites (tertiary alicyclic amines) is 1. The lowest BCUT2D eigenvalue weighted by Gasteiger charge is -2.35. The van der Waals surface area contributed by atoms with Gasteiger partial charge in [-0.15, -0.1) is 0 Å². The van der Waals surface area contributed by atoms with Gasteiger partial charge in [0.2, 0.25) is 17.7 Å². The Morgan fingerprint density at radius 3 is 2.35 bits per heavy atom. The molecule has 2 fully saturated rings. The molecule has 15 nitrogen and oxygen atoms in total. The molecule has 2 aromatic rings. The highest BCUT2D eigenvalue weighted by Crippen LogP contribution is 2.21. The molecule has 0 aliphatic carbocycles. The number of para-hydroxylation sites is 1. The Bertz CT molecular complexity index is 1350. The van der Waals surface area contributed by atoms with E-state index in [1.165, 1.54) is 20.5 Å². The van der Waals surface area contributed by atoms with Gasteiger partial charge in [0, 0.05) is 51.6 Å². The fraction of sp³-hybridized carbons (Fsp3) is 0.464. The van der Waals surface area contributed by atoms with Gasteiger partial charge < -0.3 is 29.7 Å². The van der Waals surface area contributed by atoms with Gasteiger partial charge in [-0.2, -0.15) is 5.10 Å². The number of rotatable bonds is 11. The molecule has 2 saturated heterocycles. The SMILES string of the molecule is CCOC(=O)N1CCN(C(=O)[C@H](CCC(=O)O)NC(=O)c2cc(OCC(=O)N3CCCC3=O)n(-c3ccccc3)n2)CC1. The molecule has 5 amide bonds. The Labute approximate surface area is 247 Å². The monoisotopic (exact) mass is 598 g/mol. The van der Waals surface area contributed by atoms with E-state index in [1.807, 2.05) is 0 Å². The molecule has 4 rings (SSSR count). The molecule has 3 heterocycles. The number of aromatic nitrogens is 2. The number of imide groups is 1. The Morgan fingerprint density at radius 2 is 1.72 bits per heavy atom. The minimum absolute atomic E-state index is 0.0554. The Kier molecular flexibility index (Phi) is 10.3. The van der Waals surface area contributed by atoms with Crippen LogP contribution in [0.2, 0.25) is 0 Å². The summed E-state index contributed by atoms with van der Waals surface area (Å²) in [6, 6.07) is 8.83. The number of benzene rings is 1. The van der Waals surface area contributed by atoms with Crippen LogP contribution >= 0.6 is 0 Å². The van der Waals surface area contributed by atoms with E-state index in [9.17, 15) is 33.9 Å². The number of nitrogens with zero attached hydrogens (tertiary/aromatic N) is 5. The van der Waals surface area contributed by atoms with Crippen molar-refractivity contribution in [3.05, 3.63) is 42.1 Å². The Hall–Kier alpha value is -4.95. The summed E-state index contributed by atoms with van der Waals surface area (Å²) in [5, 5.41) is 16.2. The molecule has 0 unspecified atom stereocenters. The van der Waals surface area contributed by atoms with Gasteiger partial charge in [-0.05, 0) is 31.9 Å². The Balaban J connectivity index is 1.49. The third-order valence-corrected chi connectivity index (χ3v) is 7.00. The minimum atomic E-state index is -1.17. The van der Waals surface area contributed by atoms with Crippen molar-refractivity contribution in [3.8, 4) is 11.6 Å². The highest BCUT2D eigenvalue weighted by atomic mass is 16.6. The van der Waals surface area contributed by atoms with E-state index in [-0.39, 0.29) is 63.1 Å². The van der Waals surface area contributed by atoms with Crippen LogP contribution < -0.4 is 10.1 Å². The van der Waals surface area contributed by atoms with E-state index in [0.29, 0.717) is 25.1 Å². The van der Waals surface area contributed by atoms with Gasteiger partial charge in [0.1, 0.15) is 6.04 Å². The molecule has 1 aromatic heterocycles. The molecule has 2 N–H and O–H groups in total. The third-order valence-electron chi connectivity index (χ3n) is 7.00. The number of carbonyl (C=O) groups excluding carboxylic acids is 5. The fourth-order valence-electron chi connectivity index (χ4n) is 4.76. The average molecular weight is 599 g/mol. The number of ether oxygens (including phenoxy) is 2. The summed E-state index contributed by atoms with van der Waals surface area (Å²) >= 11 is 0. The van der Waals surface area contributed by atoms with Crippen LogP contribution in [0.1, 0.15) is 43.1 Å². The predicted octanol–water partition coefficient (Wildman–Crippen LogP) is 0.664. The molecular weight excluding hydrogens is 564 g/mol. The summed E-state index contributed by atoms with van der Waals surface area (Å²) in [5.41, 5.74) is 0.392. The molecule has 230 valence electrons. The number of carboxylic acid groups (broad SMARTS) is 1. The van der Waals surface area contributed by atoms with Crippen LogP contribution in [0.5, 0.6) is 5.88 Å². The van der Waals surface area contributed by atoms with Gasteiger partial charge in [-0.1, -0.05) is 18.2 Å². The standard InChI is InChI=1S/C28H34N6O9/c1-2-42-28(41)32-15-13-31(14-16-32)27(40)20(10-11-25(37)38)29-26(39)21-17-24(34(30-21)19-7-4-3-5-8-19)43-18-23(36)33-12-6-9-22(33)35/h3-5,7-8,17,20H,2,6,9-16,18H2,1H3,(H,29,39)(H,37,38)/t20-/m0/s1. The lowest BCUT2D eigenvalue weighted by Crippen LogP contribution is -2.56. The quantitative estimate of drug-likeness (QED) is 0.373. The van der Waals surface area contributed by atoms with Crippen molar-refractivity contribution >= 4 is 35.7 Å². The molecule has 15 heteroatoms. The summed E-state index contributed by atoms with van der Waals surface area (Å²) in [4.78, 5) is 78.6. The topological polar surface area (TPSA) is 181 Å². The summed E-state index contributed by atoms with van der Waals surface area (Å²) in [6.45, 7) is 2.61. The van der Waals surface area contributed by atoms with Crippen molar-refractivity contribution in [1.82, 2.24) is 29.8 Å². The number of carboxylic acids is 1. The van der Waals surface area contributed by atoms with E-state index in [1.54, 1.807) is 37.3 Å². The highest BCUT2D eigenvalue weighted by molar-refractivity contribution is 5.98. The highest BCUT2D eigenvalue weighted by Gasteiger charge is 2.32. The van der Waals surface area contributed by atoms with Crippen LogP contribution in [0.4, 0.5) is 4.79 Å². The van der Waals surface area contributed by atoms with Crippen molar-refractivity contribution in [1.29, 1.82) is 0 Å². The number of hydrogen-bond acceptors (Lipinski definition) is 9. The first-order chi connectivity index (χ1) is 20.7. The predicted molar refractivity (Wildman–Crippen MR) is 148 cm³/mol. The van der Waals surface area contributed by atoms with Crippen molar-refractivity contribution in [2.45, 2.75) is 38.6 Å². The molecule has 0 spiro atoms. The van der Waals surface area contributed by atoms with Gasteiger partial charge >= 0.3 is 12.1 Å². The summed E-state index contributed by atoms with van der Waals surface area (Å²) < 4.78 is 12.0. The number of carbonyl (C=O) groups is 6. The van der Waals surface area contributed by atoms with E-state index in [0.717, 1.165) is 4.90 Å². The number of nitrogens with one attached hydrogen (secondary N) is 1. The van der Waals surface area contributed by atoms with E-state index in [4.69, 9.17) is 9.47 Å². The zero-order valence-electron chi connectivity index (χ0n) is 23.8. The van der Waals surface area contributed by atoms with Gasteiger partial charge in [-0.3, -0.25) is 28.9 Å². The lowest BCUT2D eigenvalue weighted by molar-refractivity contribution is -0.143. The van der Waals surface area contributed by atoms with E-state index in [2.05, 4.69) is 10.4 Å². The maximum Gasteiger partial charge on any atom is 0.409 e. The molecule has 1 atom stereocenters. The van der Waals surface area contributed by atoms with E-state index < -0.39 is 42.4 Å². The largest absolute Gasteiger partial charge is 0.481 e. The third kappa shape index (κ3) is 7.87. The maximum atomic E-state index is 13.4. The molecule has 0 radical (unpaired) electrons. The molecular formula is C28H34N6O9. The van der Waals surface area contributed by atoms with Gasteiger partial charge in [0.25, 0.3) is 11.8 Å². The fourth-order valence-corrected chi connectivity index (χ4v) is 4.76. The summed E-state index contributed by atoms with van der Waals surface area (Å²) in [6.07, 6.45) is -0.144. The second-order valence-corrected chi connectivity index (χ2v) is 9.92. The van der Waals surface area contributed by atoms with Crippen LogP contribution in [0.15, 0.2) is 36.4 Å². The lowest BCUT2D eigenvalue weighted by atomic mass is 10.1. The normalized spacial score (nSPS) is 15.7. The molecule has 2 aliphatic heterocycles. The van der Waals surface area contributed by atoms with Crippen LogP contribution in [0.25, 0.3) is 5.69 Å². The first-order valence-electron chi connectivity index (χ1n) is 14.0. The second kappa shape index (κ2) is 14.3. The van der Waals surface area contributed by atoms with Crippen LogP contribution in [0.3, 0.4) is 0 Å². The zero-order chi connectivity index (χ0) is 30.9. The molecule has 2 aliphatic rings. The smallest absolute Gasteiger partial charge is 0.409 e. The molecule has 1 aromatic carbocycles. The van der Waals surface area contributed by atoms with Crippen molar-refractivity contribution < 1.29 is 43.3 Å². The first kappa shape index (κ1) is 31.0. The van der Waals surface area contributed by atoms with Crippen LogP contribution in [-0.2, 0) is 23.9 Å². The van der Waals surface area contributed by atoms with Crippen LogP contribution in [-0.4, -0.2) is 117 Å². The van der Waals surface area contributed by atoms with E-state index >= 15 is 0 Å². The van der Waals surface area contributed by atoms with Gasteiger partial charge in [-0.25, -0.2) is 9.48 Å². The van der Waals surface area contributed by atoms with Crippen LogP contribution in [0, 0.1) is 0 Å². The number of amides is 5. The second-order valence-electron chi connectivity index (χ2n) is 9.92. The summed E-state index contributed by atoms with van der Waals surface area (Å²) in [7, 11) is 0. The zero-order valence-corrected chi connectivity index (χ0v) is 23.8. The van der Waals surface area contributed by atoms with Crippen molar-refractivity contribution in [2.24, 2.45) is 0 Å². The van der Waals surface area contributed by atoms with Crippen molar-refractivity contribution in [3.63, 3.8) is 0 Å². The number of hydrogen-bond donors (Lipinski definition) is 2. The number of piperazine rings is 1. The molecule has 43 heavy (non-hydrogen) atoms. The first-order valence-corrected chi connectivity index (χ1v) is 14.0. The average Bonchev–Trinajstić information content (AvgIpc) is 3.64. The minimum Gasteiger partial charge on any atom is -0.481 e. The van der Waals surface area contributed by atoms with Crippen molar-refractivity contribution in [2.75, 3.05) is 45.9 Å². The summed E-state index contributed by atoms with van der Waals surface area (Å²) in [5.74, 6) is -3.11. The molecule has 0 saturated carbocycles. The van der Waals surface area contributed by atoms with Gasteiger partial charge in [0.05, 0.1) is 12.3 Å². The van der Waals surface area contributed by atoms with Gasteiger partial charge in [0.15, 0.2) is 12.3 Å².